The lowest BCUT2D eigenvalue weighted by molar-refractivity contribution is -0.113. The van der Waals surface area contributed by atoms with Crippen LogP contribution in [0, 0.1) is 0 Å². The fourth-order valence-electron chi connectivity index (χ4n) is 1.79. The summed E-state index contributed by atoms with van der Waals surface area (Å²) in [6, 6.07) is 16.0. The molecule has 2 rings (SSSR count). The lowest BCUT2D eigenvalue weighted by atomic mass is 10.2. The van der Waals surface area contributed by atoms with E-state index in [1.54, 1.807) is 23.5 Å². The van der Waals surface area contributed by atoms with Crippen LogP contribution in [0.15, 0.2) is 57.9 Å². The summed E-state index contributed by atoms with van der Waals surface area (Å²) in [4.78, 5) is 13.1. The van der Waals surface area contributed by atoms with Gasteiger partial charge in [0.2, 0.25) is 5.91 Å². The predicted octanol–water partition coefficient (Wildman–Crippen LogP) is 5.04. The van der Waals surface area contributed by atoms with Crippen LogP contribution >= 0.6 is 39.5 Å². The summed E-state index contributed by atoms with van der Waals surface area (Å²) in [5.74, 6) is 1.32. The molecule has 2 aromatic rings. The van der Waals surface area contributed by atoms with E-state index in [0.717, 1.165) is 20.8 Å². The number of rotatable bonds is 6. The molecule has 0 heterocycles. The lowest BCUT2D eigenvalue weighted by Gasteiger charge is -2.06. The molecule has 0 saturated carbocycles. The van der Waals surface area contributed by atoms with Crippen molar-refractivity contribution in [2.75, 3.05) is 17.3 Å². The molecule has 0 aliphatic heterocycles. The maximum absolute atomic E-state index is 11.9. The Morgan fingerprint density at radius 3 is 2.76 bits per heavy atom. The largest absolute Gasteiger partial charge is 0.325 e. The molecule has 0 spiro atoms. The van der Waals surface area contributed by atoms with Crippen LogP contribution in [0.5, 0.6) is 0 Å². The maximum Gasteiger partial charge on any atom is 0.234 e. The van der Waals surface area contributed by atoms with Crippen LogP contribution < -0.4 is 5.32 Å². The third-order valence-corrected chi connectivity index (χ3v) is 4.97. The Kier molecular flexibility index (Phi) is 6.67. The fraction of sp³-hybridized carbons (Fsp3) is 0.188. The molecule has 1 amide bonds. The van der Waals surface area contributed by atoms with E-state index in [1.807, 2.05) is 42.7 Å². The SMILES string of the molecule is CSc1cccc(NC(=O)CSCc2cccc(Br)c2)c1. The molecule has 0 aromatic heterocycles. The molecule has 0 unspecified atom stereocenters. The zero-order valence-electron chi connectivity index (χ0n) is 11.6. The van der Waals surface area contributed by atoms with E-state index < -0.39 is 0 Å². The minimum Gasteiger partial charge on any atom is -0.325 e. The van der Waals surface area contributed by atoms with Gasteiger partial charge >= 0.3 is 0 Å². The fourth-order valence-corrected chi connectivity index (χ4v) is 3.47. The molecule has 0 saturated heterocycles. The zero-order valence-corrected chi connectivity index (χ0v) is 14.9. The molecule has 0 aliphatic rings. The Balaban J connectivity index is 1.79. The summed E-state index contributed by atoms with van der Waals surface area (Å²) < 4.78 is 1.07. The third-order valence-electron chi connectivity index (χ3n) is 2.74. The van der Waals surface area contributed by atoms with Gasteiger partial charge in [0, 0.05) is 20.8 Å². The first-order valence-corrected chi connectivity index (χ1v) is 9.61. The molecule has 1 N–H and O–H groups in total. The summed E-state index contributed by atoms with van der Waals surface area (Å²) in [5, 5.41) is 2.93. The Hall–Kier alpha value is -0.910. The summed E-state index contributed by atoms with van der Waals surface area (Å²) in [5.41, 5.74) is 2.07. The number of amides is 1. The highest BCUT2D eigenvalue weighted by Crippen LogP contribution is 2.20. The number of hydrogen-bond donors (Lipinski definition) is 1. The van der Waals surface area contributed by atoms with Crippen molar-refractivity contribution in [1.29, 1.82) is 0 Å². The van der Waals surface area contributed by atoms with Crippen LogP contribution in [-0.4, -0.2) is 17.9 Å². The van der Waals surface area contributed by atoms with Crippen molar-refractivity contribution >= 4 is 51.0 Å². The van der Waals surface area contributed by atoms with E-state index in [1.165, 1.54) is 5.56 Å². The van der Waals surface area contributed by atoms with Gasteiger partial charge < -0.3 is 5.32 Å². The predicted molar refractivity (Wildman–Crippen MR) is 97.2 cm³/mol. The van der Waals surface area contributed by atoms with Crippen LogP contribution in [0.25, 0.3) is 0 Å². The first kappa shape index (κ1) is 16.5. The summed E-state index contributed by atoms with van der Waals surface area (Å²) in [6.07, 6.45) is 2.02. The van der Waals surface area contributed by atoms with Gasteiger partial charge in [-0.25, -0.2) is 0 Å². The number of halogens is 1. The van der Waals surface area contributed by atoms with Gasteiger partial charge in [-0.15, -0.1) is 23.5 Å². The number of benzene rings is 2. The molecule has 0 aliphatic carbocycles. The standard InChI is InChI=1S/C16H16BrNOS2/c1-20-15-7-3-6-14(9-15)18-16(19)11-21-10-12-4-2-5-13(17)8-12/h2-9H,10-11H2,1H3,(H,18,19). The summed E-state index contributed by atoms with van der Waals surface area (Å²) >= 11 is 6.73. The van der Waals surface area contributed by atoms with Crippen LogP contribution in [-0.2, 0) is 10.5 Å². The number of thioether (sulfide) groups is 2. The highest BCUT2D eigenvalue weighted by atomic mass is 79.9. The summed E-state index contributed by atoms with van der Waals surface area (Å²) in [6.45, 7) is 0. The molecule has 0 fully saturated rings. The molecule has 0 bridgehead atoms. The van der Waals surface area contributed by atoms with Crippen LogP contribution in [0.3, 0.4) is 0 Å². The molecule has 2 aromatic carbocycles. The summed E-state index contributed by atoms with van der Waals surface area (Å²) in [7, 11) is 0. The van der Waals surface area contributed by atoms with Gasteiger partial charge in [-0.1, -0.05) is 34.1 Å². The van der Waals surface area contributed by atoms with Gasteiger partial charge in [0.1, 0.15) is 0 Å². The van der Waals surface area contributed by atoms with Crippen molar-refractivity contribution in [2.24, 2.45) is 0 Å². The van der Waals surface area contributed by atoms with Crippen molar-refractivity contribution in [3.05, 3.63) is 58.6 Å². The first-order valence-electron chi connectivity index (χ1n) is 6.43. The van der Waals surface area contributed by atoms with E-state index in [9.17, 15) is 4.79 Å². The number of carbonyl (C=O) groups is 1. The topological polar surface area (TPSA) is 29.1 Å². The molecule has 0 radical (unpaired) electrons. The van der Waals surface area contributed by atoms with Gasteiger partial charge in [-0.05, 0) is 42.2 Å². The lowest BCUT2D eigenvalue weighted by Crippen LogP contribution is -2.14. The van der Waals surface area contributed by atoms with Crippen LogP contribution in [0.2, 0.25) is 0 Å². The zero-order chi connectivity index (χ0) is 15.1. The number of carbonyl (C=O) groups excluding carboxylic acids is 1. The van der Waals surface area contributed by atoms with Crippen LogP contribution in [0.1, 0.15) is 5.56 Å². The molecular weight excluding hydrogens is 366 g/mol. The Morgan fingerprint density at radius 2 is 2.00 bits per heavy atom. The van der Waals surface area contributed by atoms with Crippen molar-refractivity contribution in [2.45, 2.75) is 10.6 Å². The second kappa shape index (κ2) is 8.51. The van der Waals surface area contributed by atoms with E-state index in [2.05, 4.69) is 33.4 Å². The molecular formula is C16H16BrNOS2. The molecule has 21 heavy (non-hydrogen) atoms. The Bertz CT molecular complexity index is 619. The van der Waals surface area contributed by atoms with Crippen molar-refractivity contribution in [3.63, 3.8) is 0 Å². The van der Waals surface area contributed by atoms with Gasteiger partial charge in [-0.2, -0.15) is 0 Å². The third kappa shape index (κ3) is 5.77. The smallest absolute Gasteiger partial charge is 0.234 e. The van der Waals surface area contributed by atoms with E-state index in [0.29, 0.717) is 5.75 Å². The minimum atomic E-state index is 0.0354. The maximum atomic E-state index is 11.9. The van der Waals surface area contributed by atoms with E-state index in [4.69, 9.17) is 0 Å². The first-order chi connectivity index (χ1) is 10.2. The number of hydrogen-bond acceptors (Lipinski definition) is 3. The highest BCUT2D eigenvalue weighted by molar-refractivity contribution is 9.10. The van der Waals surface area contributed by atoms with Crippen molar-refractivity contribution < 1.29 is 4.79 Å². The van der Waals surface area contributed by atoms with E-state index >= 15 is 0 Å². The van der Waals surface area contributed by atoms with Crippen LogP contribution in [0.4, 0.5) is 5.69 Å². The van der Waals surface area contributed by atoms with Gasteiger partial charge in [0.05, 0.1) is 5.75 Å². The molecule has 5 heteroatoms. The number of nitrogens with one attached hydrogen (secondary N) is 1. The second-order valence-corrected chi connectivity index (χ2v) is 7.18. The number of anilines is 1. The monoisotopic (exact) mass is 381 g/mol. The molecule has 0 atom stereocenters. The second-order valence-electron chi connectivity index (χ2n) is 4.40. The Morgan fingerprint density at radius 1 is 1.19 bits per heavy atom. The molecule has 2 nitrogen and oxygen atoms in total. The van der Waals surface area contributed by atoms with E-state index in [-0.39, 0.29) is 5.91 Å². The van der Waals surface area contributed by atoms with Gasteiger partial charge in [-0.3, -0.25) is 4.79 Å². The van der Waals surface area contributed by atoms with Gasteiger partial charge in [0.25, 0.3) is 0 Å². The average Bonchev–Trinajstić information content (AvgIpc) is 2.47. The normalized spacial score (nSPS) is 10.4. The molecule has 110 valence electrons. The quantitative estimate of drug-likeness (QED) is 0.710. The van der Waals surface area contributed by atoms with Crippen molar-refractivity contribution in [1.82, 2.24) is 0 Å². The van der Waals surface area contributed by atoms with Gasteiger partial charge in [0.15, 0.2) is 0 Å². The highest BCUT2D eigenvalue weighted by Gasteiger charge is 2.04. The average molecular weight is 382 g/mol. The van der Waals surface area contributed by atoms with Crippen molar-refractivity contribution in [3.8, 4) is 0 Å². The minimum absolute atomic E-state index is 0.0354. The Labute approximate surface area is 142 Å².